The predicted molar refractivity (Wildman–Crippen MR) is 74.2 cm³/mol. The van der Waals surface area contributed by atoms with Crippen LogP contribution in [-0.4, -0.2) is 25.7 Å². The number of amides is 1. The van der Waals surface area contributed by atoms with Crippen LogP contribution in [0.25, 0.3) is 0 Å². The highest BCUT2D eigenvalue weighted by Crippen LogP contribution is 2.22. The minimum atomic E-state index is -0.276. The number of nitrogens with two attached hydrogens (primary N) is 1. The predicted octanol–water partition coefficient (Wildman–Crippen LogP) is 1.87. The Kier molecular flexibility index (Phi) is 6.81. The Labute approximate surface area is 112 Å². The summed E-state index contributed by atoms with van der Waals surface area (Å²) in [7, 11) is 0. The van der Waals surface area contributed by atoms with Crippen LogP contribution in [0.4, 0.5) is 0 Å². The molecule has 0 aromatic carbocycles. The SMILES string of the molecule is CC(C)(CNI)COCC(C)(C)CC(N)=O. The molecule has 0 aliphatic heterocycles. The lowest BCUT2D eigenvalue weighted by atomic mass is 9.90. The third-order valence-electron chi connectivity index (χ3n) is 2.18. The van der Waals surface area contributed by atoms with Crippen molar-refractivity contribution in [3.63, 3.8) is 0 Å². The van der Waals surface area contributed by atoms with Gasteiger partial charge in [0.05, 0.1) is 13.2 Å². The molecule has 5 heteroatoms. The molecule has 16 heavy (non-hydrogen) atoms. The fourth-order valence-electron chi connectivity index (χ4n) is 1.36. The number of ether oxygens (including phenoxy) is 1. The molecule has 0 saturated carbocycles. The van der Waals surface area contributed by atoms with Crippen molar-refractivity contribution in [2.24, 2.45) is 16.6 Å². The summed E-state index contributed by atoms with van der Waals surface area (Å²) in [6, 6.07) is 0. The second-order valence-electron chi connectivity index (χ2n) is 5.77. The lowest BCUT2D eigenvalue weighted by molar-refractivity contribution is -0.121. The number of carbonyl (C=O) groups excluding carboxylic acids is 1. The summed E-state index contributed by atoms with van der Waals surface area (Å²) >= 11 is 2.13. The molecule has 3 N–H and O–H groups in total. The summed E-state index contributed by atoms with van der Waals surface area (Å²) in [5, 5.41) is 0. The van der Waals surface area contributed by atoms with Gasteiger partial charge in [0.25, 0.3) is 0 Å². The summed E-state index contributed by atoms with van der Waals surface area (Å²) < 4.78 is 8.77. The molecule has 0 aromatic rings. The molecule has 1 amide bonds. The van der Waals surface area contributed by atoms with Gasteiger partial charge in [-0.05, 0) is 5.41 Å². The molecule has 0 atom stereocenters. The van der Waals surface area contributed by atoms with Crippen LogP contribution in [0.1, 0.15) is 34.1 Å². The van der Waals surface area contributed by atoms with Crippen molar-refractivity contribution in [2.45, 2.75) is 34.1 Å². The van der Waals surface area contributed by atoms with Crippen LogP contribution in [0, 0.1) is 10.8 Å². The first kappa shape index (κ1) is 16.1. The number of carbonyl (C=O) groups is 1. The molecule has 0 fully saturated rings. The Morgan fingerprint density at radius 2 is 1.75 bits per heavy atom. The number of primary amides is 1. The third kappa shape index (κ3) is 8.29. The summed E-state index contributed by atoms with van der Waals surface area (Å²) in [6.45, 7) is 10.4. The Morgan fingerprint density at radius 1 is 1.25 bits per heavy atom. The molecule has 0 heterocycles. The van der Waals surface area contributed by atoms with Crippen LogP contribution >= 0.6 is 22.9 Å². The number of nitrogens with one attached hydrogen (secondary N) is 1. The maximum absolute atomic E-state index is 10.8. The monoisotopic (exact) mass is 342 g/mol. The van der Waals surface area contributed by atoms with E-state index in [4.69, 9.17) is 10.5 Å². The van der Waals surface area contributed by atoms with E-state index in [9.17, 15) is 4.79 Å². The molecule has 0 aromatic heterocycles. The minimum absolute atomic E-state index is 0.101. The van der Waals surface area contributed by atoms with Crippen molar-refractivity contribution in [3.8, 4) is 0 Å². The van der Waals surface area contributed by atoms with Crippen molar-refractivity contribution in [2.75, 3.05) is 19.8 Å². The second-order valence-corrected chi connectivity index (χ2v) is 6.54. The minimum Gasteiger partial charge on any atom is -0.380 e. The van der Waals surface area contributed by atoms with Crippen molar-refractivity contribution < 1.29 is 9.53 Å². The summed E-state index contributed by atoms with van der Waals surface area (Å²) in [4.78, 5) is 10.8. The van der Waals surface area contributed by atoms with Gasteiger partial charge >= 0.3 is 0 Å². The van der Waals surface area contributed by atoms with Gasteiger partial charge in [0, 0.05) is 41.2 Å². The second kappa shape index (κ2) is 6.76. The molecule has 0 spiro atoms. The van der Waals surface area contributed by atoms with Gasteiger partial charge in [-0.1, -0.05) is 27.7 Å². The Hall–Kier alpha value is 0.120. The van der Waals surface area contributed by atoms with E-state index in [1.54, 1.807) is 0 Å². The first-order valence-corrected chi connectivity index (χ1v) is 6.46. The molecule has 0 radical (unpaired) electrons. The van der Waals surface area contributed by atoms with Crippen molar-refractivity contribution >= 4 is 28.8 Å². The number of hydrogen-bond acceptors (Lipinski definition) is 3. The van der Waals surface area contributed by atoms with Crippen molar-refractivity contribution in [1.82, 2.24) is 3.53 Å². The zero-order chi connectivity index (χ0) is 12.8. The van der Waals surface area contributed by atoms with Gasteiger partial charge in [-0.25, -0.2) is 0 Å². The highest BCUT2D eigenvalue weighted by Gasteiger charge is 2.23. The number of hydrogen-bond donors (Lipinski definition) is 2. The number of rotatable bonds is 8. The zero-order valence-corrected chi connectivity index (χ0v) is 12.8. The molecule has 4 nitrogen and oxygen atoms in total. The van der Waals surface area contributed by atoms with Gasteiger partial charge in [-0.15, -0.1) is 0 Å². The summed E-state index contributed by atoms with van der Waals surface area (Å²) in [6.07, 6.45) is 0.359. The van der Waals surface area contributed by atoms with Gasteiger partial charge < -0.3 is 10.5 Å². The standard InChI is InChI=1S/C11H23IN2O2/c1-10(2,5-9(13)15)7-16-8-11(3,4)6-14-12/h14H,5-8H2,1-4H3,(H2,13,15). The van der Waals surface area contributed by atoms with Crippen LogP contribution in [0.5, 0.6) is 0 Å². The average Bonchev–Trinajstić information content (AvgIpc) is 1.99. The van der Waals surface area contributed by atoms with Crippen LogP contribution in [0.15, 0.2) is 0 Å². The van der Waals surface area contributed by atoms with Crippen LogP contribution < -0.4 is 9.26 Å². The van der Waals surface area contributed by atoms with E-state index in [0.29, 0.717) is 19.6 Å². The van der Waals surface area contributed by atoms with E-state index in [-0.39, 0.29) is 16.7 Å². The van der Waals surface area contributed by atoms with E-state index in [0.717, 1.165) is 6.54 Å². The van der Waals surface area contributed by atoms with E-state index >= 15 is 0 Å². The van der Waals surface area contributed by atoms with E-state index in [2.05, 4.69) is 40.2 Å². The fraction of sp³-hybridized carbons (Fsp3) is 0.909. The summed E-state index contributed by atoms with van der Waals surface area (Å²) in [5.74, 6) is -0.276. The average molecular weight is 342 g/mol. The van der Waals surface area contributed by atoms with Gasteiger partial charge in [-0.3, -0.25) is 8.32 Å². The quantitative estimate of drug-likeness (QED) is 0.523. The van der Waals surface area contributed by atoms with Crippen molar-refractivity contribution in [3.05, 3.63) is 0 Å². The highest BCUT2D eigenvalue weighted by atomic mass is 127. The molecule has 96 valence electrons. The molecule has 0 saturated heterocycles. The molecular formula is C11H23IN2O2. The molecule has 0 rings (SSSR count). The van der Waals surface area contributed by atoms with E-state index in [1.807, 2.05) is 13.8 Å². The Bertz CT molecular complexity index is 230. The highest BCUT2D eigenvalue weighted by molar-refractivity contribution is 14.1. The van der Waals surface area contributed by atoms with Crippen LogP contribution in [0.3, 0.4) is 0 Å². The molecule has 0 unspecified atom stereocenters. The first-order valence-electron chi connectivity index (χ1n) is 5.38. The Morgan fingerprint density at radius 3 is 2.19 bits per heavy atom. The maximum Gasteiger partial charge on any atom is 0.218 e. The molecule has 0 aliphatic rings. The zero-order valence-electron chi connectivity index (χ0n) is 10.6. The number of halogens is 1. The maximum atomic E-state index is 10.8. The lowest BCUT2D eigenvalue weighted by Crippen LogP contribution is -2.32. The molecular weight excluding hydrogens is 319 g/mol. The first-order chi connectivity index (χ1) is 7.18. The van der Waals surface area contributed by atoms with E-state index in [1.165, 1.54) is 0 Å². The van der Waals surface area contributed by atoms with Gasteiger partial charge in [-0.2, -0.15) is 0 Å². The third-order valence-corrected chi connectivity index (χ3v) is 2.57. The topological polar surface area (TPSA) is 64.3 Å². The van der Waals surface area contributed by atoms with Gasteiger partial charge in [0.2, 0.25) is 5.91 Å². The normalized spacial score (nSPS) is 12.8. The smallest absolute Gasteiger partial charge is 0.218 e. The molecule has 0 aliphatic carbocycles. The van der Waals surface area contributed by atoms with Crippen LogP contribution in [0.2, 0.25) is 0 Å². The van der Waals surface area contributed by atoms with Crippen molar-refractivity contribution in [1.29, 1.82) is 0 Å². The lowest BCUT2D eigenvalue weighted by Gasteiger charge is -2.28. The summed E-state index contributed by atoms with van der Waals surface area (Å²) in [5.41, 5.74) is 5.10. The largest absolute Gasteiger partial charge is 0.380 e. The van der Waals surface area contributed by atoms with Crippen LogP contribution in [-0.2, 0) is 9.53 Å². The molecule has 0 bridgehead atoms. The Balaban J connectivity index is 3.92. The van der Waals surface area contributed by atoms with E-state index < -0.39 is 0 Å². The fourth-order valence-corrected chi connectivity index (χ4v) is 2.39. The van der Waals surface area contributed by atoms with Gasteiger partial charge in [0.1, 0.15) is 0 Å². The van der Waals surface area contributed by atoms with Gasteiger partial charge in [0.15, 0.2) is 0 Å².